The molecule has 39 heavy (non-hydrogen) atoms. The van der Waals surface area contributed by atoms with Gasteiger partial charge in [-0.05, 0) is 70.5 Å². The van der Waals surface area contributed by atoms with Crippen molar-refractivity contribution in [1.82, 2.24) is 9.97 Å². The Kier molecular flexibility index (Phi) is 5.95. The molecule has 1 aliphatic rings. The van der Waals surface area contributed by atoms with Gasteiger partial charge in [0.05, 0.1) is 17.1 Å². The highest BCUT2D eigenvalue weighted by Crippen LogP contribution is 2.52. The summed E-state index contributed by atoms with van der Waals surface area (Å²) < 4.78 is 0. The van der Waals surface area contributed by atoms with Gasteiger partial charge >= 0.3 is 0 Å². The van der Waals surface area contributed by atoms with Crippen LogP contribution in [0.15, 0.2) is 85.1 Å². The van der Waals surface area contributed by atoms with Gasteiger partial charge in [0.25, 0.3) is 0 Å². The molecule has 3 heterocycles. The molecule has 5 aromatic rings. The van der Waals surface area contributed by atoms with Gasteiger partial charge in [-0.15, -0.1) is 0 Å². The predicted molar refractivity (Wildman–Crippen MR) is 162 cm³/mol. The Morgan fingerprint density at radius 3 is 2.31 bits per heavy atom. The molecular weight excluding hydrogens is 478 g/mol. The van der Waals surface area contributed by atoms with Crippen LogP contribution >= 0.6 is 0 Å². The van der Waals surface area contributed by atoms with Gasteiger partial charge in [0.1, 0.15) is 17.1 Å². The third-order valence-corrected chi connectivity index (χ3v) is 8.18. The summed E-state index contributed by atoms with van der Waals surface area (Å²) in [5.41, 5.74) is 9.51. The van der Waals surface area contributed by atoms with Gasteiger partial charge in [-0.2, -0.15) is 0 Å². The first-order valence-corrected chi connectivity index (χ1v) is 13.8. The maximum atomic E-state index is 10.7. The van der Waals surface area contributed by atoms with Crippen LogP contribution in [0.1, 0.15) is 75.6 Å². The second kappa shape index (κ2) is 9.23. The standard InChI is InChI=1S/C35H35N3O/c1-21(2)23-17-18-36-33(20-23)38-30-10-8-7-9-27(30)35(5,6)28-14-11-24(19-31(28)38)29-15-12-26-25(22(3)4)13-16-32(39)34(26)37-29/h7-22,39H,1-6H3. The van der Waals surface area contributed by atoms with E-state index >= 15 is 0 Å². The minimum Gasteiger partial charge on any atom is -0.506 e. The van der Waals surface area contributed by atoms with E-state index in [0.717, 1.165) is 33.8 Å². The number of anilines is 3. The number of hydrogen-bond donors (Lipinski definition) is 1. The molecule has 0 atom stereocenters. The number of pyridine rings is 2. The molecule has 1 aliphatic heterocycles. The molecule has 2 aromatic heterocycles. The lowest BCUT2D eigenvalue weighted by atomic mass is 9.73. The van der Waals surface area contributed by atoms with E-state index < -0.39 is 0 Å². The Morgan fingerprint density at radius 2 is 1.54 bits per heavy atom. The third-order valence-electron chi connectivity index (χ3n) is 8.18. The summed E-state index contributed by atoms with van der Waals surface area (Å²) in [6.07, 6.45) is 1.91. The monoisotopic (exact) mass is 513 g/mol. The van der Waals surface area contributed by atoms with Crippen LogP contribution in [0.25, 0.3) is 22.2 Å². The smallest absolute Gasteiger partial charge is 0.141 e. The fourth-order valence-corrected chi connectivity index (χ4v) is 5.93. The van der Waals surface area contributed by atoms with Crippen molar-refractivity contribution in [3.63, 3.8) is 0 Å². The lowest BCUT2D eigenvalue weighted by Crippen LogP contribution is -2.31. The molecule has 4 nitrogen and oxygen atoms in total. The van der Waals surface area contributed by atoms with Crippen molar-refractivity contribution in [2.24, 2.45) is 0 Å². The van der Waals surface area contributed by atoms with Crippen molar-refractivity contribution < 1.29 is 5.11 Å². The van der Waals surface area contributed by atoms with E-state index in [1.807, 2.05) is 12.3 Å². The number of phenolic OH excluding ortho intramolecular Hbond substituents is 1. The van der Waals surface area contributed by atoms with Crippen LogP contribution in [-0.4, -0.2) is 15.1 Å². The number of benzene rings is 3. The van der Waals surface area contributed by atoms with Crippen LogP contribution in [0.3, 0.4) is 0 Å². The number of phenols is 1. The van der Waals surface area contributed by atoms with Crippen LogP contribution in [0.4, 0.5) is 17.2 Å². The first-order chi connectivity index (χ1) is 18.7. The number of nitrogens with zero attached hydrogens (tertiary/aromatic N) is 3. The van der Waals surface area contributed by atoms with Crippen molar-refractivity contribution in [3.8, 4) is 17.0 Å². The largest absolute Gasteiger partial charge is 0.506 e. The highest BCUT2D eigenvalue weighted by Gasteiger charge is 2.37. The Morgan fingerprint density at radius 1 is 0.769 bits per heavy atom. The van der Waals surface area contributed by atoms with Crippen LogP contribution in [0.2, 0.25) is 0 Å². The van der Waals surface area contributed by atoms with E-state index in [9.17, 15) is 5.11 Å². The van der Waals surface area contributed by atoms with E-state index in [1.165, 1.54) is 22.3 Å². The zero-order valence-electron chi connectivity index (χ0n) is 23.5. The summed E-state index contributed by atoms with van der Waals surface area (Å²) >= 11 is 0. The summed E-state index contributed by atoms with van der Waals surface area (Å²) in [5, 5.41) is 11.7. The van der Waals surface area contributed by atoms with Gasteiger partial charge in [-0.1, -0.05) is 84.0 Å². The van der Waals surface area contributed by atoms with Gasteiger partial charge in [0, 0.05) is 22.6 Å². The summed E-state index contributed by atoms with van der Waals surface area (Å²) in [4.78, 5) is 12.1. The molecular formula is C35H35N3O. The third kappa shape index (κ3) is 4.06. The predicted octanol–water partition coefficient (Wildman–Crippen LogP) is 9.36. The quantitative estimate of drug-likeness (QED) is 0.260. The molecule has 1 N–H and O–H groups in total. The SMILES string of the molecule is CC(C)c1ccnc(N2c3ccccc3C(C)(C)c3ccc(-c4ccc5c(C(C)C)ccc(O)c5n4)cc32)c1. The Balaban J connectivity index is 1.57. The molecule has 196 valence electrons. The average Bonchev–Trinajstić information content (AvgIpc) is 2.93. The number of rotatable bonds is 4. The maximum absolute atomic E-state index is 10.7. The molecule has 0 saturated carbocycles. The van der Waals surface area contributed by atoms with Crippen molar-refractivity contribution >= 4 is 28.1 Å². The summed E-state index contributed by atoms with van der Waals surface area (Å²) in [6.45, 7) is 13.3. The zero-order chi connectivity index (χ0) is 27.5. The zero-order valence-corrected chi connectivity index (χ0v) is 23.5. The van der Waals surface area contributed by atoms with Gasteiger partial charge < -0.3 is 5.11 Å². The van der Waals surface area contributed by atoms with Crippen LogP contribution < -0.4 is 4.90 Å². The molecule has 0 amide bonds. The Hall–Kier alpha value is -4.18. The maximum Gasteiger partial charge on any atom is 0.141 e. The summed E-state index contributed by atoms with van der Waals surface area (Å²) in [5.74, 6) is 1.86. The van der Waals surface area contributed by atoms with Crippen LogP contribution in [-0.2, 0) is 5.41 Å². The number of para-hydroxylation sites is 1. The summed E-state index contributed by atoms with van der Waals surface area (Å²) in [6, 6.07) is 27.5. The fraction of sp³-hybridized carbons (Fsp3) is 0.257. The highest BCUT2D eigenvalue weighted by atomic mass is 16.3. The highest BCUT2D eigenvalue weighted by molar-refractivity contribution is 5.91. The van der Waals surface area contributed by atoms with E-state index in [2.05, 4.69) is 113 Å². The molecule has 4 heteroatoms. The van der Waals surface area contributed by atoms with Crippen molar-refractivity contribution in [2.45, 2.75) is 58.8 Å². The van der Waals surface area contributed by atoms with Gasteiger partial charge in [-0.3, -0.25) is 4.90 Å². The summed E-state index contributed by atoms with van der Waals surface area (Å²) in [7, 11) is 0. The molecule has 0 fully saturated rings. The molecule has 3 aromatic carbocycles. The normalized spacial score (nSPS) is 14.1. The number of aromatic hydroxyl groups is 1. The van der Waals surface area contributed by atoms with Crippen LogP contribution in [0.5, 0.6) is 5.75 Å². The lowest BCUT2D eigenvalue weighted by Gasteiger charge is -2.41. The minimum atomic E-state index is -0.183. The molecule has 0 radical (unpaired) electrons. The second-order valence-electron chi connectivity index (χ2n) is 11.7. The molecule has 0 spiro atoms. The topological polar surface area (TPSA) is 49.2 Å². The Labute approximate surface area is 231 Å². The number of aromatic nitrogens is 2. The number of hydrogen-bond acceptors (Lipinski definition) is 4. The molecule has 0 aliphatic carbocycles. The van der Waals surface area contributed by atoms with Gasteiger partial charge in [0.15, 0.2) is 0 Å². The van der Waals surface area contributed by atoms with Crippen LogP contribution in [0, 0.1) is 0 Å². The van der Waals surface area contributed by atoms with E-state index in [4.69, 9.17) is 9.97 Å². The minimum absolute atomic E-state index is 0.183. The van der Waals surface area contributed by atoms with Gasteiger partial charge in [-0.25, -0.2) is 9.97 Å². The Bertz CT molecular complexity index is 1720. The van der Waals surface area contributed by atoms with Crippen molar-refractivity contribution in [3.05, 3.63) is 107 Å². The first-order valence-electron chi connectivity index (χ1n) is 13.8. The molecule has 6 rings (SSSR count). The van der Waals surface area contributed by atoms with E-state index in [1.54, 1.807) is 6.07 Å². The van der Waals surface area contributed by atoms with E-state index in [-0.39, 0.29) is 11.2 Å². The molecule has 0 bridgehead atoms. The average molecular weight is 514 g/mol. The van der Waals surface area contributed by atoms with E-state index in [0.29, 0.717) is 17.4 Å². The van der Waals surface area contributed by atoms with Gasteiger partial charge in [0.2, 0.25) is 0 Å². The molecule has 0 saturated heterocycles. The van der Waals surface area contributed by atoms with Crippen molar-refractivity contribution in [1.29, 1.82) is 0 Å². The van der Waals surface area contributed by atoms with Crippen molar-refractivity contribution in [2.75, 3.05) is 4.90 Å². The second-order valence-corrected chi connectivity index (χ2v) is 11.7. The first kappa shape index (κ1) is 25.1. The lowest BCUT2D eigenvalue weighted by molar-refractivity contribution is 0.480. The fourth-order valence-electron chi connectivity index (χ4n) is 5.93. The number of fused-ring (bicyclic) bond motifs is 3. The molecule has 0 unspecified atom stereocenters.